The SMILES string of the molecule is CC(N)C1CCN(S(=O)(=O)c2cnc(-c3ccccc3)nc2)CC1. The van der Waals surface area contributed by atoms with E-state index < -0.39 is 10.0 Å². The van der Waals surface area contributed by atoms with E-state index in [0.717, 1.165) is 18.4 Å². The zero-order valence-electron chi connectivity index (χ0n) is 13.7. The Balaban J connectivity index is 1.76. The maximum absolute atomic E-state index is 12.7. The molecule has 1 aliphatic heterocycles. The van der Waals surface area contributed by atoms with Crippen LogP contribution in [0.3, 0.4) is 0 Å². The molecule has 3 rings (SSSR count). The van der Waals surface area contributed by atoms with Crippen LogP contribution in [-0.2, 0) is 10.0 Å². The summed E-state index contributed by atoms with van der Waals surface area (Å²) in [6.07, 6.45) is 4.37. The first kappa shape index (κ1) is 17.0. The molecule has 1 aliphatic rings. The molecule has 0 spiro atoms. The van der Waals surface area contributed by atoms with Crippen LogP contribution in [-0.4, -0.2) is 41.8 Å². The Bertz CT molecular complexity index is 768. The molecule has 6 nitrogen and oxygen atoms in total. The summed E-state index contributed by atoms with van der Waals surface area (Å²) in [5.41, 5.74) is 6.78. The van der Waals surface area contributed by atoms with Gasteiger partial charge in [0.2, 0.25) is 10.0 Å². The third-order valence-corrected chi connectivity index (χ3v) is 6.39. The van der Waals surface area contributed by atoms with Crippen molar-refractivity contribution >= 4 is 10.0 Å². The number of nitrogens with zero attached hydrogens (tertiary/aromatic N) is 3. The average molecular weight is 346 g/mol. The number of rotatable bonds is 4. The first-order valence-corrected chi connectivity index (χ1v) is 9.55. The lowest BCUT2D eigenvalue weighted by Crippen LogP contribution is -2.42. The predicted molar refractivity (Wildman–Crippen MR) is 92.6 cm³/mol. The average Bonchev–Trinajstić information content (AvgIpc) is 2.62. The standard InChI is InChI=1S/C17H22N4O2S/c1-13(18)14-7-9-21(10-8-14)24(22,23)16-11-19-17(20-12-16)15-5-3-2-4-6-15/h2-6,11-14H,7-10,18H2,1H3. The van der Waals surface area contributed by atoms with Crippen molar-refractivity contribution in [3.63, 3.8) is 0 Å². The van der Waals surface area contributed by atoms with Gasteiger partial charge in [0, 0.05) is 24.7 Å². The quantitative estimate of drug-likeness (QED) is 0.913. The van der Waals surface area contributed by atoms with Gasteiger partial charge in [-0.15, -0.1) is 0 Å². The van der Waals surface area contributed by atoms with Crippen LogP contribution in [0.4, 0.5) is 0 Å². The van der Waals surface area contributed by atoms with Crippen LogP contribution in [0.1, 0.15) is 19.8 Å². The Morgan fingerprint density at radius 1 is 1.12 bits per heavy atom. The van der Waals surface area contributed by atoms with Crippen LogP contribution in [0.25, 0.3) is 11.4 Å². The van der Waals surface area contributed by atoms with Gasteiger partial charge in [0.1, 0.15) is 4.90 Å². The van der Waals surface area contributed by atoms with Gasteiger partial charge < -0.3 is 5.73 Å². The minimum Gasteiger partial charge on any atom is -0.328 e. The second-order valence-corrected chi connectivity index (χ2v) is 8.15. The van der Waals surface area contributed by atoms with Gasteiger partial charge in [-0.05, 0) is 25.7 Å². The van der Waals surface area contributed by atoms with E-state index >= 15 is 0 Å². The molecule has 0 bridgehead atoms. The smallest absolute Gasteiger partial charge is 0.246 e. The van der Waals surface area contributed by atoms with Gasteiger partial charge in [0.05, 0.1) is 12.4 Å². The normalized spacial score (nSPS) is 18.4. The summed E-state index contributed by atoms with van der Waals surface area (Å²) in [5, 5.41) is 0. The second-order valence-electron chi connectivity index (χ2n) is 6.21. The Labute approximate surface area is 142 Å². The molecule has 7 heteroatoms. The lowest BCUT2D eigenvalue weighted by Gasteiger charge is -2.32. The van der Waals surface area contributed by atoms with E-state index in [1.165, 1.54) is 16.7 Å². The highest BCUT2D eigenvalue weighted by Gasteiger charge is 2.31. The molecular formula is C17H22N4O2S. The van der Waals surface area contributed by atoms with Gasteiger partial charge in [0.15, 0.2) is 5.82 Å². The van der Waals surface area contributed by atoms with E-state index in [4.69, 9.17) is 5.73 Å². The lowest BCUT2D eigenvalue weighted by atomic mass is 9.92. The topological polar surface area (TPSA) is 89.2 Å². The number of aromatic nitrogens is 2. The van der Waals surface area contributed by atoms with Crippen molar-refractivity contribution in [2.45, 2.75) is 30.7 Å². The zero-order valence-corrected chi connectivity index (χ0v) is 14.5. The molecule has 2 N–H and O–H groups in total. The summed E-state index contributed by atoms with van der Waals surface area (Å²) < 4.78 is 27.0. The van der Waals surface area contributed by atoms with E-state index in [1.807, 2.05) is 37.3 Å². The third-order valence-electron chi connectivity index (χ3n) is 4.54. The minimum absolute atomic E-state index is 0.100. The van der Waals surface area contributed by atoms with E-state index in [9.17, 15) is 8.42 Å². The largest absolute Gasteiger partial charge is 0.328 e. The van der Waals surface area contributed by atoms with E-state index in [-0.39, 0.29) is 10.9 Å². The molecule has 1 aromatic heterocycles. The summed E-state index contributed by atoms with van der Waals surface area (Å²) in [6.45, 7) is 2.97. The van der Waals surface area contributed by atoms with Crippen molar-refractivity contribution in [2.24, 2.45) is 11.7 Å². The van der Waals surface area contributed by atoms with Gasteiger partial charge in [0.25, 0.3) is 0 Å². The third kappa shape index (κ3) is 3.48. The number of sulfonamides is 1. The highest BCUT2D eigenvalue weighted by Crippen LogP contribution is 2.25. The molecule has 1 saturated heterocycles. The number of piperidine rings is 1. The Kier molecular flexibility index (Phi) is 4.93. The molecule has 0 saturated carbocycles. The first-order chi connectivity index (χ1) is 11.5. The van der Waals surface area contributed by atoms with Gasteiger partial charge in [-0.1, -0.05) is 30.3 Å². The summed E-state index contributed by atoms with van der Waals surface area (Å²) in [5.74, 6) is 0.901. The summed E-state index contributed by atoms with van der Waals surface area (Å²) in [4.78, 5) is 8.57. The first-order valence-electron chi connectivity index (χ1n) is 8.11. The van der Waals surface area contributed by atoms with Crippen LogP contribution in [0.2, 0.25) is 0 Å². The highest BCUT2D eigenvalue weighted by molar-refractivity contribution is 7.89. The highest BCUT2D eigenvalue weighted by atomic mass is 32.2. The molecule has 0 amide bonds. The fourth-order valence-corrected chi connectivity index (χ4v) is 4.34. The molecular weight excluding hydrogens is 324 g/mol. The number of benzene rings is 1. The van der Waals surface area contributed by atoms with Crippen molar-refractivity contribution in [2.75, 3.05) is 13.1 Å². The molecule has 128 valence electrons. The molecule has 1 atom stereocenters. The van der Waals surface area contributed by atoms with Crippen LogP contribution >= 0.6 is 0 Å². The van der Waals surface area contributed by atoms with E-state index in [0.29, 0.717) is 24.8 Å². The second kappa shape index (κ2) is 6.96. The minimum atomic E-state index is -3.54. The fraction of sp³-hybridized carbons (Fsp3) is 0.412. The van der Waals surface area contributed by atoms with Crippen molar-refractivity contribution < 1.29 is 8.42 Å². The molecule has 1 unspecified atom stereocenters. The van der Waals surface area contributed by atoms with Crippen LogP contribution in [0, 0.1) is 5.92 Å². The molecule has 2 heterocycles. The molecule has 1 fully saturated rings. The Morgan fingerprint density at radius 3 is 2.25 bits per heavy atom. The van der Waals surface area contributed by atoms with E-state index in [2.05, 4.69) is 9.97 Å². The molecule has 0 radical (unpaired) electrons. The van der Waals surface area contributed by atoms with Gasteiger partial charge in [-0.2, -0.15) is 4.31 Å². The van der Waals surface area contributed by atoms with Gasteiger partial charge in [-0.3, -0.25) is 0 Å². The monoisotopic (exact) mass is 346 g/mol. The fourth-order valence-electron chi connectivity index (χ4n) is 2.98. The molecule has 1 aromatic carbocycles. The van der Waals surface area contributed by atoms with Crippen LogP contribution < -0.4 is 5.73 Å². The van der Waals surface area contributed by atoms with Gasteiger partial charge >= 0.3 is 0 Å². The Hall–Kier alpha value is -1.83. The van der Waals surface area contributed by atoms with Crippen molar-refractivity contribution in [1.29, 1.82) is 0 Å². The van der Waals surface area contributed by atoms with E-state index in [1.54, 1.807) is 0 Å². The van der Waals surface area contributed by atoms with Crippen molar-refractivity contribution in [3.05, 3.63) is 42.7 Å². The zero-order chi connectivity index (χ0) is 17.2. The number of hydrogen-bond acceptors (Lipinski definition) is 5. The van der Waals surface area contributed by atoms with Crippen LogP contribution in [0.15, 0.2) is 47.6 Å². The Morgan fingerprint density at radius 2 is 1.71 bits per heavy atom. The molecule has 24 heavy (non-hydrogen) atoms. The van der Waals surface area contributed by atoms with Gasteiger partial charge in [-0.25, -0.2) is 18.4 Å². The number of nitrogens with two attached hydrogens (primary N) is 1. The maximum atomic E-state index is 12.7. The predicted octanol–water partition coefficient (Wildman–Crippen LogP) is 1.89. The van der Waals surface area contributed by atoms with Crippen molar-refractivity contribution in [3.8, 4) is 11.4 Å². The lowest BCUT2D eigenvalue weighted by molar-refractivity contribution is 0.250. The maximum Gasteiger partial charge on any atom is 0.246 e. The summed E-state index contributed by atoms with van der Waals surface area (Å²) >= 11 is 0. The summed E-state index contributed by atoms with van der Waals surface area (Å²) in [7, 11) is -3.54. The number of hydrogen-bond donors (Lipinski definition) is 1. The molecule has 2 aromatic rings. The summed E-state index contributed by atoms with van der Waals surface area (Å²) in [6, 6.07) is 9.58. The molecule has 0 aliphatic carbocycles. The van der Waals surface area contributed by atoms with Crippen LogP contribution in [0.5, 0.6) is 0 Å². The van der Waals surface area contributed by atoms with Crippen molar-refractivity contribution in [1.82, 2.24) is 14.3 Å².